The Morgan fingerprint density at radius 2 is 1.79 bits per heavy atom. The lowest BCUT2D eigenvalue weighted by atomic mass is 9.95. The molecule has 1 heterocycles. The van der Waals surface area contributed by atoms with Crippen molar-refractivity contribution in [1.29, 1.82) is 0 Å². The summed E-state index contributed by atoms with van der Waals surface area (Å²) in [6.07, 6.45) is 0. The summed E-state index contributed by atoms with van der Waals surface area (Å²) in [4.78, 5) is 12.2. The van der Waals surface area contributed by atoms with Gasteiger partial charge in [-0.25, -0.2) is 8.42 Å². The van der Waals surface area contributed by atoms with Crippen LogP contribution in [0.1, 0.15) is 37.1 Å². The van der Waals surface area contributed by atoms with Gasteiger partial charge in [0.15, 0.2) is 9.84 Å². The van der Waals surface area contributed by atoms with Crippen LogP contribution >= 0.6 is 11.3 Å². The summed E-state index contributed by atoms with van der Waals surface area (Å²) in [6, 6.07) is 10.7. The third kappa shape index (κ3) is 4.24. The van der Waals surface area contributed by atoms with Gasteiger partial charge in [-0.3, -0.25) is 4.79 Å². The number of amides is 1. The molecule has 0 aliphatic rings. The first-order valence-corrected chi connectivity index (χ1v) is 10.2. The van der Waals surface area contributed by atoms with Crippen LogP contribution in [-0.2, 0) is 14.6 Å². The van der Waals surface area contributed by atoms with Crippen LogP contribution in [0.4, 0.5) is 0 Å². The fraction of sp³-hybridized carbons (Fsp3) is 0.389. The fourth-order valence-electron chi connectivity index (χ4n) is 2.20. The first-order valence-electron chi connectivity index (χ1n) is 7.74. The zero-order chi connectivity index (χ0) is 18.0. The Labute approximate surface area is 147 Å². The molecular formula is C18H23NO3S2. The van der Waals surface area contributed by atoms with E-state index in [0.717, 1.165) is 5.56 Å². The molecule has 24 heavy (non-hydrogen) atoms. The lowest BCUT2D eigenvalue weighted by Crippen LogP contribution is -2.38. The summed E-state index contributed by atoms with van der Waals surface area (Å²) in [6.45, 7) is 7.41. The molecule has 1 amide bonds. The Hall–Kier alpha value is -1.66. The van der Waals surface area contributed by atoms with Crippen molar-refractivity contribution in [3.05, 3.63) is 52.9 Å². The Morgan fingerprint density at radius 3 is 2.29 bits per heavy atom. The molecule has 4 nitrogen and oxygen atoms in total. The second-order valence-electron chi connectivity index (χ2n) is 6.84. The highest BCUT2D eigenvalue weighted by Crippen LogP contribution is 2.31. The van der Waals surface area contributed by atoms with E-state index in [0.29, 0.717) is 9.77 Å². The van der Waals surface area contributed by atoms with Gasteiger partial charge in [0, 0.05) is 12.0 Å². The van der Waals surface area contributed by atoms with Crippen LogP contribution in [0.5, 0.6) is 0 Å². The molecule has 0 unspecified atom stereocenters. The molecule has 0 spiro atoms. The SMILES string of the molecule is Cc1ccc([C@@H](CNC(=O)C(C)(C)C)S(=O)(=O)c2cccs2)cc1. The van der Waals surface area contributed by atoms with Gasteiger partial charge in [-0.05, 0) is 23.9 Å². The van der Waals surface area contributed by atoms with E-state index in [1.165, 1.54) is 11.3 Å². The Bertz CT molecular complexity index is 786. The number of hydrogen-bond acceptors (Lipinski definition) is 4. The van der Waals surface area contributed by atoms with E-state index in [-0.39, 0.29) is 12.5 Å². The van der Waals surface area contributed by atoms with Crippen molar-refractivity contribution < 1.29 is 13.2 Å². The molecule has 0 saturated heterocycles. The van der Waals surface area contributed by atoms with Crippen LogP contribution in [0.3, 0.4) is 0 Å². The zero-order valence-corrected chi connectivity index (χ0v) is 16.0. The minimum absolute atomic E-state index is 0.0550. The predicted molar refractivity (Wildman–Crippen MR) is 97.9 cm³/mol. The average Bonchev–Trinajstić information content (AvgIpc) is 3.03. The van der Waals surface area contributed by atoms with Gasteiger partial charge in [-0.1, -0.05) is 56.7 Å². The van der Waals surface area contributed by atoms with Crippen LogP contribution in [0.25, 0.3) is 0 Å². The number of rotatable bonds is 5. The zero-order valence-electron chi connectivity index (χ0n) is 14.4. The molecular weight excluding hydrogens is 342 g/mol. The minimum Gasteiger partial charge on any atom is -0.354 e. The summed E-state index contributed by atoms with van der Waals surface area (Å²) in [5.74, 6) is -0.166. The number of nitrogens with one attached hydrogen (secondary N) is 1. The molecule has 0 aliphatic heterocycles. The van der Waals surface area contributed by atoms with E-state index in [1.807, 2.05) is 31.2 Å². The number of hydrogen-bond donors (Lipinski definition) is 1. The topological polar surface area (TPSA) is 63.2 Å². The first-order chi connectivity index (χ1) is 11.1. The highest BCUT2D eigenvalue weighted by Gasteiger charge is 2.31. The molecule has 0 fully saturated rings. The van der Waals surface area contributed by atoms with E-state index >= 15 is 0 Å². The molecule has 2 rings (SSSR count). The van der Waals surface area contributed by atoms with Gasteiger partial charge in [-0.2, -0.15) is 0 Å². The molecule has 0 saturated carbocycles. The standard InChI is InChI=1S/C18H23NO3S2/c1-13-7-9-14(10-8-13)15(12-19-17(20)18(2,3)4)24(21,22)16-6-5-11-23-16/h5-11,15H,12H2,1-4H3,(H,19,20)/t15-/m1/s1. The summed E-state index contributed by atoms with van der Waals surface area (Å²) in [5, 5.41) is 3.73. The van der Waals surface area contributed by atoms with Crippen molar-refractivity contribution in [2.45, 2.75) is 37.2 Å². The summed E-state index contributed by atoms with van der Waals surface area (Å²) >= 11 is 1.20. The molecule has 6 heteroatoms. The van der Waals surface area contributed by atoms with Crippen LogP contribution in [0.2, 0.25) is 0 Å². The predicted octanol–water partition coefficient (Wildman–Crippen LogP) is 3.73. The Balaban J connectivity index is 2.35. The highest BCUT2D eigenvalue weighted by atomic mass is 32.2. The molecule has 1 atom stereocenters. The van der Waals surface area contributed by atoms with Gasteiger partial charge >= 0.3 is 0 Å². The van der Waals surface area contributed by atoms with Gasteiger partial charge in [0.25, 0.3) is 0 Å². The monoisotopic (exact) mass is 365 g/mol. The molecule has 130 valence electrons. The number of carbonyl (C=O) groups excluding carboxylic acids is 1. The molecule has 0 radical (unpaired) electrons. The van der Waals surface area contributed by atoms with Crippen molar-refractivity contribution in [1.82, 2.24) is 5.32 Å². The summed E-state index contributed by atoms with van der Waals surface area (Å²) < 4.78 is 26.3. The molecule has 0 bridgehead atoms. The second-order valence-corrected chi connectivity index (χ2v) is 10.1. The maximum atomic E-state index is 13.0. The molecule has 1 aromatic heterocycles. The van der Waals surface area contributed by atoms with Crippen molar-refractivity contribution >= 4 is 27.1 Å². The van der Waals surface area contributed by atoms with Gasteiger partial charge in [0.1, 0.15) is 9.46 Å². The number of sulfone groups is 1. The van der Waals surface area contributed by atoms with E-state index in [1.54, 1.807) is 38.3 Å². The van der Waals surface area contributed by atoms with Gasteiger partial charge < -0.3 is 5.32 Å². The van der Waals surface area contributed by atoms with Crippen LogP contribution in [-0.4, -0.2) is 20.9 Å². The molecule has 0 aliphatic carbocycles. The lowest BCUT2D eigenvalue weighted by Gasteiger charge is -2.22. The van der Waals surface area contributed by atoms with Gasteiger partial charge in [-0.15, -0.1) is 11.3 Å². The maximum absolute atomic E-state index is 13.0. The van der Waals surface area contributed by atoms with Crippen LogP contribution in [0.15, 0.2) is 46.0 Å². The van der Waals surface area contributed by atoms with Crippen molar-refractivity contribution in [3.63, 3.8) is 0 Å². The number of aryl methyl sites for hydroxylation is 1. The smallest absolute Gasteiger partial charge is 0.225 e. The van der Waals surface area contributed by atoms with E-state index in [4.69, 9.17) is 0 Å². The number of benzene rings is 1. The first kappa shape index (κ1) is 18.7. The fourth-order valence-corrected chi connectivity index (χ4v) is 5.07. The third-order valence-corrected chi connectivity index (χ3v) is 7.26. The van der Waals surface area contributed by atoms with Gasteiger partial charge in [0.2, 0.25) is 5.91 Å². The second kappa shape index (κ2) is 7.07. The van der Waals surface area contributed by atoms with E-state index in [2.05, 4.69) is 5.32 Å². The summed E-state index contributed by atoms with van der Waals surface area (Å²) in [5.41, 5.74) is 1.18. The van der Waals surface area contributed by atoms with Crippen LogP contribution in [0, 0.1) is 12.3 Å². The largest absolute Gasteiger partial charge is 0.354 e. The van der Waals surface area contributed by atoms with E-state index < -0.39 is 20.5 Å². The van der Waals surface area contributed by atoms with Gasteiger partial charge in [0.05, 0.1) is 0 Å². The van der Waals surface area contributed by atoms with Crippen molar-refractivity contribution in [2.75, 3.05) is 6.54 Å². The van der Waals surface area contributed by atoms with Crippen LogP contribution < -0.4 is 5.32 Å². The minimum atomic E-state index is -3.56. The number of thiophene rings is 1. The summed E-state index contributed by atoms with van der Waals surface area (Å²) in [7, 11) is -3.56. The molecule has 2 aromatic rings. The van der Waals surface area contributed by atoms with Crippen molar-refractivity contribution in [2.24, 2.45) is 5.41 Å². The molecule has 1 N–H and O–H groups in total. The molecule has 1 aromatic carbocycles. The lowest BCUT2D eigenvalue weighted by molar-refractivity contribution is -0.128. The average molecular weight is 366 g/mol. The Morgan fingerprint density at radius 1 is 1.17 bits per heavy atom. The van der Waals surface area contributed by atoms with E-state index in [9.17, 15) is 13.2 Å². The van der Waals surface area contributed by atoms with Crippen molar-refractivity contribution in [3.8, 4) is 0 Å². The quantitative estimate of drug-likeness (QED) is 0.878. The normalized spacial score (nSPS) is 13.5. The third-order valence-electron chi connectivity index (χ3n) is 3.73. The number of carbonyl (C=O) groups is 1. The Kier molecular flexibility index (Phi) is 5.50. The maximum Gasteiger partial charge on any atom is 0.225 e. The highest BCUT2D eigenvalue weighted by molar-refractivity contribution is 7.93.